The predicted molar refractivity (Wildman–Crippen MR) is 569 cm³/mol. The van der Waals surface area contributed by atoms with Crippen LogP contribution in [0.5, 0.6) is 0 Å². The molecule has 2 heteroatoms. The topological polar surface area (TPSA) is 6.48 Å². The average molecular weight is 1720 g/mol. The van der Waals surface area contributed by atoms with Crippen molar-refractivity contribution >= 4 is 34.1 Å². The Morgan fingerprint density at radius 1 is 0.160 bits per heavy atom. The molecule has 18 rings (SSSR count). The normalized spacial score (nSPS) is 15.0. The minimum Gasteiger partial charge on any atom is -0.310 e. The fraction of sp³-hybridized carbons (Fsp3) is 0.349. The lowest BCUT2D eigenvalue weighted by Crippen LogP contribution is -2.19. The maximum absolute atomic E-state index is 2.54. The number of anilines is 6. The number of hydrogen-bond acceptors (Lipinski definition) is 2. The summed E-state index contributed by atoms with van der Waals surface area (Å²) in [6, 6.07) is 107. The van der Waals surface area contributed by atoms with Gasteiger partial charge in [-0.2, -0.15) is 0 Å². The van der Waals surface area contributed by atoms with Crippen LogP contribution in [0.2, 0.25) is 0 Å². The van der Waals surface area contributed by atoms with Crippen LogP contribution in [-0.4, -0.2) is 0 Å². The molecule has 0 atom stereocenters. The Morgan fingerprint density at radius 3 is 0.595 bits per heavy atom. The highest BCUT2D eigenvalue weighted by Crippen LogP contribution is 2.59. The third-order valence-corrected chi connectivity index (χ3v) is 30.0. The highest BCUT2D eigenvalue weighted by Gasteiger charge is 2.43. The first-order chi connectivity index (χ1) is 60.9. The van der Waals surface area contributed by atoms with Gasteiger partial charge in [0.25, 0.3) is 0 Å². The quantitative estimate of drug-likeness (QED) is 0.135. The van der Waals surface area contributed by atoms with E-state index in [0.717, 1.165) is 34.1 Å². The number of benzene rings is 14. The van der Waals surface area contributed by atoms with E-state index in [2.05, 4.69) is 511 Å². The lowest BCUT2D eigenvalue weighted by atomic mass is 9.75. The van der Waals surface area contributed by atoms with E-state index in [4.69, 9.17) is 0 Å². The molecule has 0 aromatic heterocycles. The van der Waals surface area contributed by atoms with Crippen LogP contribution in [0.3, 0.4) is 0 Å². The zero-order valence-electron chi connectivity index (χ0n) is 85.4. The highest BCUT2D eigenvalue weighted by molar-refractivity contribution is 5.95. The van der Waals surface area contributed by atoms with E-state index in [9.17, 15) is 0 Å². The standard InChI is InChI=1S/C68H79N.C61H65N/c1-62(2,3)44-22-28-48(29-23-44)69(49-30-24-45(25-31-49)63(4,5)6)50-40-55(42-20-32-51-53-34-26-46(64(7,8)9)38-59(53)67(16,17)57(51)36-42)61(66(13,14)15)56(41-50)43-21-33-52-54-35-27-47(65(10,11)12)39-60(54)68(18,19)58(52)37-43;1-38-15-23-46(24-16-38)62(47-25-19-43(20-26-47)57(2,3)4)48-32-41(39-17-27-49-51-29-21-44(58(5,6)7)36-55(51)60(11,12)53(49)34-39)31-42(33-48)40-18-28-50-52-30-22-45(59(8,9)10)37-56(52)61(13,14)54(50)35-40/h20-41H,1-19H3;15-37H,1-14H3. The first-order valence-corrected chi connectivity index (χ1v) is 48.4. The summed E-state index contributed by atoms with van der Waals surface area (Å²) < 4.78 is 0. The smallest absolute Gasteiger partial charge is 0.0474 e. The summed E-state index contributed by atoms with van der Waals surface area (Å²) in [5.41, 5.74) is 50.7. The maximum atomic E-state index is 2.54. The summed E-state index contributed by atoms with van der Waals surface area (Å²) in [7, 11) is 0. The molecule has 0 saturated heterocycles. The molecule has 131 heavy (non-hydrogen) atoms. The van der Waals surface area contributed by atoms with Crippen molar-refractivity contribution in [2.24, 2.45) is 0 Å². The van der Waals surface area contributed by atoms with Crippen LogP contribution in [0.15, 0.2) is 273 Å². The van der Waals surface area contributed by atoms with Crippen molar-refractivity contribution in [2.75, 3.05) is 9.80 Å². The van der Waals surface area contributed by atoms with Gasteiger partial charge in [0.2, 0.25) is 0 Å². The van der Waals surface area contributed by atoms with Gasteiger partial charge in [-0.1, -0.05) is 397 Å². The molecule has 0 bridgehead atoms. The molecule has 14 aromatic rings. The summed E-state index contributed by atoms with van der Waals surface area (Å²) in [5.74, 6) is 0. The number of hydrogen-bond donors (Lipinski definition) is 0. The van der Waals surface area contributed by atoms with E-state index < -0.39 is 0 Å². The summed E-state index contributed by atoms with van der Waals surface area (Å²) in [5, 5.41) is 0. The number of aryl methyl sites for hydroxylation is 1. The Labute approximate surface area is 788 Å². The average Bonchev–Trinajstić information content (AvgIpc) is 1.62. The molecule has 4 aliphatic carbocycles. The van der Waals surface area contributed by atoms with Crippen LogP contribution < -0.4 is 9.80 Å². The van der Waals surface area contributed by atoms with Crippen molar-refractivity contribution in [3.05, 3.63) is 368 Å². The van der Waals surface area contributed by atoms with E-state index in [1.54, 1.807) is 0 Å². The third-order valence-electron chi connectivity index (χ3n) is 30.0. The van der Waals surface area contributed by atoms with Gasteiger partial charge < -0.3 is 9.80 Å². The van der Waals surface area contributed by atoms with Gasteiger partial charge in [-0.3, -0.25) is 0 Å². The molecule has 0 spiro atoms. The minimum absolute atomic E-state index is 0.0387. The largest absolute Gasteiger partial charge is 0.310 e. The van der Waals surface area contributed by atoms with Gasteiger partial charge in [0.05, 0.1) is 0 Å². The second kappa shape index (κ2) is 31.4. The van der Waals surface area contributed by atoms with Crippen LogP contribution in [0.4, 0.5) is 34.1 Å². The molecule has 14 aromatic carbocycles. The number of fused-ring (bicyclic) bond motifs is 12. The lowest BCUT2D eigenvalue weighted by Gasteiger charge is -2.33. The summed E-state index contributed by atoms with van der Waals surface area (Å²) in [6.07, 6.45) is 0. The molecule has 0 N–H and O–H groups in total. The first-order valence-electron chi connectivity index (χ1n) is 48.4. The third kappa shape index (κ3) is 16.5. The van der Waals surface area contributed by atoms with Gasteiger partial charge in [-0.05, 0) is 331 Å². The molecule has 0 saturated carbocycles. The van der Waals surface area contributed by atoms with Crippen LogP contribution in [0.1, 0.15) is 316 Å². The molecule has 0 fully saturated rings. The van der Waals surface area contributed by atoms with Gasteiger partial charge in [-0.15, -0.1) is 0 Å². The van der Waals surface area contributed by atoms with Gasteiger partial charge in [-0.25, -0.2) is 0 Å². The fourth-order valence-electron chi connectivity index (χ4n) is 21.5. The van der Waals surface area contributed by atoms with E-state index in [1.807, 2.05) is 0 Å². The molecular formula is C129H144N2. The Hall–Kier alpha value is -11.3. The lowest BCUT2D eigenvalue weighted by molar-refractivity contribution is 0.584. The van der Waals surface area contributed by atoms with Gasteiger partial charge in [0.15, 0.2) is 0 Å². The van der Waals surface area contributed by atoms with Crippen LogP contribution >= 0.6 is 0 Å². The summed E-state index contributed by atoms with van der Waals surface area (Å²) >= 11 is 0. The van der Waals surface area contributed by atoms with Crippen LogP contribution in [-0.2, 0) is 65.0 Å². The molecule has 0 radical (unpaired) electrons. The van der Waals surface area contributed by atoms with Crippen LogP contribution in [0, 0.1) is 6.92 Å². The predicted octanol–water partition coefficient (Wildman–Crippen LogP) is 36.9. The number of nitrogens with zero attached hydrogens (tertiary/aromatic N) is 2. The summed E-state index contributed by atoms with van der Waals surface area (Å²) in [6.45, 7) is 77.2. The second-order valence-corrected chi connectivity index (χ2v) is 49.4. The molecule has 4 aliphatic rings. The second-order valence-electron chi connectivity index (χ2n) is 49.4. The zero-order chi connectivity index (χ0) is 94.5. The van der Waals surface area contributed by atoms with Gasteiger partial charge >= 0.3 is 0 Å². The van der Waals surface area contributed by atoms with Crippen molar-refractivity contribution in [3.8, 4) is 89.0 Å². The number of rotatable bonds is 10. The zero-order valence-corrected chi connectivity index (χ0v) is 85.4. The van der Waals surface area contributed by atoms with E-state index >= 15 is 0 Å². The molecular weight excluding hydrogens is 1580 g/mol. The summed E-state index contributed by atoms with van der Waals surface area (Å²) in [4.78, 5) is 4.95. The Kier molecular flexibility index (Phi) is 22.0. The van der Waals surface area contributed by atoms with Gasteiger partial charge in [0, 0.05) is 55.8 Å². The molecule has 0 unspecified atom stereocenters. The maximum Gasteiger partial charge on any atom is 0.0474 e. The van der Waals surface area contributed by atoms with Crippen molar-refractivity contribution in [1.82, 2.24) is 0 Å². The highest BCUT2D eigenvalue weighted by atomic mass is 15.1. The fourth-order valence-corrected chi connectivity index (χ4v) is 21.5. The molecule has 2 nitrogen and oxygen atoms in total. The van der Waals surface area contributed by atoms with Crippen LogP contribution in [0.25, 0.3) is 89.0 Å². The van der Waals surface area contributed by atoms with Crippen molar-refractivity contribution < 1.29 is 0 Å². The van der Waals surface area contributed by atoms with E-state index in [1.165, 1.54) is 184 Å². The molecule has 0 amide bonds. The monoisotopic (exact) mass is 1720 g/mol. The van der Waals surface area contributed by atoms with E-state index in [0.29, 0.717) is 0 Å². The Morgan fingerprint density at radius 2 is 0.359 bits per heavy atom. The molecule has 0 heterocycles. The molecule has 670 valence electrons. The molecule has 0 aliphatic heterocycles. The van der Waals surface area contributed by atoms with Gasteiger partial charge in [0.1, 0.15) is 0 Å². The van der Waals surface area contributed by atoms with E-state index in [-0.39, 0.29) is 65.0 Å². The van der Waals surface area contributed by atoms with Crippen molar-refractivity contribution in [1.29, 1.82) is 0 Å². The Balaban J connectivity index is 0.000000184. The first kappa shape index (κ1) is 91.6. The van der Waals surface area contributed by atoms with Crippen molar-refractivity contribution in [3.63, 3.8) is 0 Å². The Bertz CT molecular complexity index is 6490. The SMILES string of the molecule is CC(C)(C)c1ccc(N(c2ccc(C(C)(C)C)cc2)c2cc(-c3ccc4c(c3)C(C)(C)c3cc(C(C)(C)C)ccc3-4)c(C(C)(C)C)c(-c3ccc4c(c3)C(C)(C)c3cc(C(C)(C)C)ccc3-4)c2)cc1.Cc1ccc(N(c2ccc(C(C)(C)C)cc2)c2cc(-c3ccc4c(c3)C(C)(C)c3cc(C(C)(C)C)ccc3-4)cc(-c3ccc4c(c3)C(C)(C)c3cc(C(C)(C)C)ccc3-4)c2)cc1. The minimum atomic E-state index is -0.199. The van der Waals surface area contributed by atoms with Crippen molar-refractivity contribution in [2.45, 2.75) is 293 Å².